The lowest BCUT2D eigenvalue weighted by Gasteiger charge is -2.00. The molecular formula is C13H15Cl2N3. The average molecular weight is 284 g/mol. The van der Waals surface area contributed by atoms with E-state index in [0.717, 1.165) is 42.9 Å². The van der Waals surface area contributed by atoms with Gasteiger partial charge in [0.25, 0.3) is 0 Å². The highest BCUT2D eigenvalue weighted by Gasteiger charge is 2.05. The van der Waals surface area contributed by atoms with Gasteiger partial charge in [-0.05, 0) is 31.5 Å². The van der Waals surface area contributed by atoms with Crippen molar-refractivity contribution in [1.29, 1.82) is 0 Å². The highest BCUT2D eigenvalue weighted by Crippen LogP contribution is 2.27. The summed E-state index contributed by atoms with van der Waals surface area (Å²) < 4.78 is 0. The van der Waals surface area contributed by atoms with Crippen LogP contribution in [0.25, 0.3) is 11.3 Å². The summed E-state index contributed by atoms with van der Waals surface area (Å²) in [5, 5.41) is 1.11. The first kappa shape index (κ1) is 13.4. The van der Waals surface area contributed by atoms with Crippen LogP contribution in [-0.2, 0) is 6.42 Å². The minimum absolute atomic E-state index is 0.549. The van der Waals surface area contributed by atoms with Crippen molar-refractivity contribution < 1.29 is 0 Å². The zero-order chi connectivity index (χ0) is 13.0. The lowest BCUT2D eigenvalue weighted by Crippen LogP contribution is -1.99. The van der Waals surface area contributed by atoms with Gasteiger partial charge in [-0.15, -0.1) is 0 Å². The Hall–Kier alpha value is -1.03. The molecule has 18 heavy (non-hydrogen) atoms. The van der Waals surface area contributed by atoms with Crippen LogP contribution in [0, 0.1) is 0 Å². The third kappa shape index (κ3) is 3.25. The van der Waals surface area contributed by atoms with E-state index in [2.05, 4.69) is 9.97 Å². The number of hydrogen-bond donors (Lipinski definition) is 2. The molecule has 0 aliphatic heterocycles. The lowest BCUT2D eigenvalue weighted by molar-refractivity contribution is 0.723. The van der Waals surface area contributed by atoms with E-state index in [0.29, 0.717) is 10.0 Å². The molecule has 0 saturated carbocycles. The molecule has 3 N–H and O–H groups in total. The van der Waals surface area contributed by atoms with Gasteiger partial charge in [0.15, 0.2) is 0 Å². The van der Waals surface area contributed by atoms with E-state index < -0.39 is 0 Å². The molecule has 0 aliphatic rings. The van der Waals surface area contributed by atoms with Gasteiger partial charge in [-0.2, -0.15) is 0 Å². The molecule has 96 valence electrons. The van der Waals surface area contributed by atoms with Gasteiger partial charge in [-0.25, -0.2) is 4.98 Å². The van der Waals surface area contributed by atoms with Crippen LogP contribution in [0.4, 0.5) is 0 Å². The fourth-order valence-corrected chi connectivity index (χ4v) is 2.03. The quantitative estimate of drug-likeness (QED) is 0.823. The van der Waals surface area contributed by atoms with E-state index in [1.54, 1.807) is 6.07 Å². The smallest absolute Gasteiger partial charge is 0.106 e. The molecule has 0 radical (unpaired) electrons. The lowest BCUT2D eigenvalue weighted by atomic mass is 10.2. The molecule has 0 amide bonds. The Morgan fingerprint density at radius 3 is 2.72 bits per heavy atom. The highest BCUT2D eigenvalue weighted by molar-refractivity contribution is 6.42. The number of rotatable bonds is 5. The average Bonchev–Trinajstić information content (AvgIpc) is 2.82. The van der Waals surface area contributed by atoms with Crippen LogP contribution >= 0.6 is 23.2 Å². The monoisotopic (exact) mass is 283 g/mol. The first-order valence-electron chi connectivity index (χ1n) is 5.90. The fourth-order valence-electron chi connectivity index (χ4n) is 1.74. The maximum atomic E-state index is 5.99. The second-order valence-corrected chi connectivity index (χ2v) is 4.93. The molecular weight excluding hydrogens is 269 g/mol. The molecule has 1 aromatic heterocycles. The van der Waals surface area contributed by atoms with Crippen molar-refractivity contribution in [2.45, 2.75) is 19.3 Å². The third-order valence-electron chi connectivity index (χ3n) is 2.73. The Balaban J connectivity index is 2.11. The number of nitrogens with zero attached hydrogens (tertiary/aromatic N) is 1. The number of nitrogens with one attached hydrogen (secondary N) is 1. The number of H-pyrrole nitrogens is 1. The number of aromatic amines is 1. The second-order valence-electron chi connectivity index (χ2n) is 4.12. The summed E-state index contributed by atoms with van der Waals surface area (Å²) in [6.45, 7) is 0.723. The first-order valence-corrected chi connectivity index (χ1v) is 6.65. The standard InChI is InChI=1S/C13H15Cl2N3/c14-10-5-4-9(7-11(10)15)12-8-17-13(18-12)3-1-2-6-16/h4-5,7-8H,1-3,6,16H2,(H,17,18). The van der Waals surface area contributed by atoms with Crippen LogP contribution in [0.1, 0.15) is 18.7 Å². The maximum Gasteiger partial charge on any atom is 0.106 e. The van der Waals surface area contributed by atoms with Crippen LogP contribution in [0.3, 0.4) is 0 Å². The van der Waals surface area contributed by atoms with Gasteiger partial charge in [0.05, 0.1) is 21.9 Å². The number of unbranched alkanes of at least 4 members (excludes halogenated alkanes) is 1. The molecule has 0 atom stereocenters. The minimum atomic E-state index is 0.549. The van der Waals surface area contributed by atoms with Crippen molar-refractivity contribution in [3.63, 3.8) is 0 Å². The molecule has 0 fully saturated rings. The summed E-state index contributed by atoms with van der Waals surface area (Å²) in [6, 6.07) is 5.54. The van der Waals surface area contributed by atoms with E-state index in [4.69, 9.17) is 28.9 Å². The van der Waals surface area contributed by atoms with Crippen molar-refractivity contribution in [3.05, 3.63) is 40.3 Å². The molecule has 2 aromatic rings. The molecule has 0 spiro atoms. The van der Waals surface area contributed by atoms with Gasteiger partial charge in [0, 0.05) is 12.0 Å². The van der Waals surface area contributed by atoms with E-state index in [-0.39, 0.29) is 0 Å². The van der Waals surface area contributed by atoms with E-state index in [1.165, 1.54) is 0 Å². The van der Waals surface area contributed by atoms with Gasteiger partial charge in [0.1, 0.15) is 5.82 Å². The number of aryl methyl sites for hydroxylation is 1. The van der Waals surface area contributed by atoms with Crippen LogP contribution < -0.4 is 5.73 Å². The van der Waals surface area contributed by atoms with Crippen LogP contribution in [0.5, 0.6) is 0 Å². The van der Waals surface area contributed by atoms with Crippen molar-refractivity contribution in [2.75, 3.05) is 6.54 Å². The van der Waals surface area contributed by atoms with E-state index >= 15 is 0 Å². The minimum Gasteiger partial charge on any atom is -0.342 e. The highest BCUT2D eigenvalue weighted by atomic mass is 35.5. The Kier molecular flexibility index (Phi) is 4.64. The van der Waals surface area contributed by atoms with Crippen molar-refractivity contribution in [2.24, 2.45) is 5.73 Å². The predicted octanol–water partition coefficient (Wildman–Crippen LogP) is 3.66. The largest absolute Gasteiger partial charge is 0.342 e. The number of halogens is 2. The SMILES string of the molecule is NCCCCc1ncc(-c2ccc(Cl)c(Cl)c2)[nH]1. The van der Waals surface area contributed by atoms with Crippen LogP contribution in [0.2, 0.25) is 10.0 Å². The molecule has 0 unspecified atom stereocenters. The number of nitrogens with two attached hydrogens (primary N) is 1. The zero-order valence-electron chi connectivity index (χ0n) is 9.92. The summed E-state index contributed by atoms with van der Waals surface area (Å²) >= 11 is 11.9. The summed E-state index contributed by atoms with van der Waals surface area (Å²) in [5.74, 6) is 0.976. The summed E-state index contributed by atoms with van der Waals surface area (Å²) in [6.07, 6.45) is 4.80. The molecule has 1 heterocycles. The predicted molar refractivity (Wildman–Crippen MR) is 76.0 cm³/mol. The van der Waals surface area contributed by atoms with Crippen molar-refractivity contribution in [1.82, 2.24) is 9.97 Å². The molecule has 1 aromatic carbocycles. The molecule has 5 heteroatoms. The summed E-state index contributed by atoms with van der Waals surface area (Å²) in [5.41, 5.74) is 7.40. The fraction of sp³-hybridized carbons (Fsp3) is 0.308. The molecule has 0 bridgehead atoms. The van der Waals surface area contributed by atoms with Gasteiger partial charge < -0.3 is 10.7 Å². The van der Waals surface area contributed by atoms with Crippen LogP contribution in [-0.4, -0.2) is 16.5 Å². The van der Waals surface area contributed by atoms with Gasteiger partial charge >= 0.3 is 0 Å². The summed E-state index contributed by atoms with van der Waals surface area (Å²) in [4.78, 5) is 7.63. The first-order chi connectivity index (χ1) is 8.70. The normalized spacial score (nSPS) is 10.8. The molecule has 0 saturated heterocycles. The van der Waals surface area contributed by atoms with Gasteiger partial charge in [-0.1, -0.05) is 29.3 Å². The number of imidazole rings is 1. The topological polar surface area (TPSA) is 54.7 Å². The Morgan fingerprint density at radius 2 is 2.00 bits per heavy atom. The molecule has 3 nitrogen and oxygen atoms in total. The Labute approximate surface area is 116 Å². The van der Waals surface area contributed by atoms with Crippen LogP contribution in [0.15, 0.2) is 24.4 Å². The Morgan fingerprint density at radius 1 is 1.17 bits per heavy atom. The van der Waals surface area contributed by atoms with Gasteiger partial charge in [-0.3, -0.25) is 0 Å². The number of hydrogen-bond acceptors (Lipinski definition) is 2. The second kappa shape index (κ2) is 6.23. The Bertz CT molecular complexity index is 523. The maximum absolute atomic E-state index is 5.99. The van der Waals surface area contributed by atoms with Crippen molar-refractivity contribution in [3.8, 4) is 11.3 Å². The molecule has 2 rings (SSSR count). The van der Waals surface area contributed by atoms with E-state index in [1.807, 2.05) is 18.3 Å². The van der Waals surface area contributed by atoms with E-state index in [9.17, 15) is 0 Å². The van der Waals surface area contributed by atoms with Gasteiger partial charge in [0.2, 0.25) is 0 Å². The molecule has 0 aliphatic carbocycles. The zero-order valence-corrected chi connectivity index (χ0v) is 11.4. The number of aromatic nitrogens is 2. The number of benzene rings is 1. The van der Waals surface area contributed by atoms with Crippen molar-refractivity contribution >= 4 is 23.2 Å². The third-order valence-corrected chi connectivity index (χ3v) is 3.47. The summed E-state index contributed by atoms with van der Waals surface area (Å²) in [7, 11) is 0.